The second kappa shape index (κ2) is 2.60. The molecule has 0 aliphatic rings. The minimum atomic E-state index is 0.0272. The fraction of sp³-hybridized carbons (Fsp3) is 0.250. The molecule has 0 N–H and O–H groups in total. The summed E-state index contributed by atoms with van der Waals surface area (Å²) in [5.74, 6) is 0.648. The molecule has 53 valence electrons. The van der Waals surface area contributed by atoms with Crippen molar-refractivity contribution >= 4 is 0 Å². The molecule has 1 radical (unpaired) electrons. The summed E-state index contributed by atoms with van der Waals surface area (Å²) < 4.78 is 4.85. The lowest BCUT2D eigenvalue weighted by atomic mass is 10.2. The SMILES string of the molecule is COc1ccc(C)c([O])c1. The molecule has 0 heterocycles. The van der Waals surface area contributed by atoms with Crippen molar-refractivity contribution in [2.45, 2.75) is 6.92 Å². The van der Waals surface area contributed by atoms with Gasteiger partial charge in [-0.05, 0) is 18.6 Å². The highest BCUT2D eigenvalue weighted by Gasteiger charge is 1.98. The van der Waals surface area contributed by atoms with Crippen molar-refractivity contribution in [1.82, 2.24) is 0 Å². The molecule has 0 atom stereocenters. The van der Waals surface area contributed by atoms with Crippen LogP contribution in [0.15, 0.2) is 18.2 Å². The zero-order valence-corrected chi connectivity index (χ0v) is 6.05. The summed E-state index contributed by atoms with van der Waals surface area (Å²) in [6, 6.07) is 5.01. The molecule has 0 bridgehead atoms. The monoisotopic (exact) mass is 137 g/mol. The highest BCUT2D eigenvalue weighted by molar-refractivity contribution is 5.38. The molecule has 0 aromatic heterocycles. The van der Waals surface area contributed by atoms with E-state index in [1.54, 1.807) is 26.2 Å². The first-order valence-corrected chi connectivity index (χ1v) is 3.05. The number of hydrogen-bond acceptors (Lipinski definition) is 1. The summed E-state index contributed by atoms with van der Waals surface area (Å²) in [7, 11) is 1.55. The van der Waals surface area contributed by atoms with Crippen LogP contribution in [0.5, 0.6) is 11.5 Å². The quantitative estimate of drug-likeness (QED) is 0.583. The van der Waals surface area contributed by atoms with Gasteiger partial charge >= 0.3 is 0 Å². The Labute approximate surface area is 60.1 Å². The van der Waals surface area contributed by atoms with Crippen molar-refractivity contribution in [3.63, 3.8) is 0 Å². The topological polar surface area (TPSA) is 29.1 Å². The van der Waals surface area contributed by atoms with E-state index in [4.69, 9.17) is 4.74 Å². The Kier molecular flexibility index (Phi) is 1.81. The van der Waals surface area contributed by atoms with E-state index >= 15 is 0 Å². The van der Waals surface area contributed by atoms with Gasteiger partial charge in [0.25, 0.3) is 0 Å². The standard InChI is InChI=1S/C8H9O2/c1-6-3-4-7(10-2)5-8(6)9/h3-5H,1-2H3. The maximum atomic E-state index is 10.9. The Morgan fingerprint density at radius 3 is 2.60 bits per heavy atom. The molecule has 0 fully saturated rings. The molecule has 2 heteroatoms. The van der Waals surface area contributed by atoms with Gasteiger partial charge in [0, 0.05) is 6.07 Å². The van der Waals surface area contributed by atoms with Gasteiger partial charge in [0.2, 0.25) is 0 Å². The first kappa shape index (κ1) is 6.93. The van der Waals surface area contributed by atoms with Crippen LogP contribution in [-0.2, 0) is 5.11 Å². The Hall–Kier alpha value is -1.18. The van der Waals surface area contributed by atoms with Gasteiger partial charge in [-0.15, -0.1) is 0 Å². The van der Waals surface area contributed by atoms with Gasteiger partial charge in [0.1, 0.15) is 5.75 Å². The van der Waals surface area contributed by atoms with Gasteiger partial charge in [-0.2, -0.15) is 0 Å². The number of aryl methyl sites for hydroxylation is 1. The molecule has 0 aliphatic carbocycles. The van der Waals surface area contributed by atoms with Crippen LogP contribution in [0.3, 0.4) is 0 Å². The zero-order valence-electron chi connectivity index (χ0n) is 6.05. The maximum absolute atomic E-state index is 10.9. The lowest BCUT2D eigenvalue weighted by Gasteiger charge is -1.99. The highest BCUT2D eigenvalue weighted by atomic mass is 16.5. The summed E-state index contributed by atoms with van der Waals surface area (Å²) >= 11 is 0. The fourth-order valence-corrected chi connectivity index (χ4v) is 0.707. The predicted octanol–water partition coefficient (Wildman–Crippen LogP) is 2.15. The number of hydrogen-bond donors (Lipinski definition) is 0. The maximum Gasteiger partial charge on any atom is 0.185 e. The van der Waals surface area contributed by atoms with Crippen LogP contribution >= 0.6 is 0 Å². The molecule has 1 rings (SSSR count). The van der Waals surface area contributed by atoms with Crippen LogP contribution in [0.2, 0.25) is 0 Å². The van der Waals surface area contributed by atoms with E-state index in [9.17, 15) is 5.11 Å². The second-order valence-corrected chi connectivity index (χ2v) is 2.13. The lowest BCUT2D eigenvalue weighted by Crippen LogP contribution is -1.81. The van der Waals surface area contributed by atoms with E-state index in [2.05, 4.69) is 0 Å². The molecule has 0 spiro atoms. The third-order valence-electron chi connectivity index (χ3n) is 1.40. The Balaban J connectivity index is 3.04. The van der Waals surface area contributed by atoms with Gasteiger partial charge in [-0.3, -0.25) is 5.11 Å². The van der Waals surface area contributed by atoms with E-state index in [0.29, 0.717) is 5.75 Å². The third-order valence-corrected chi connectivity index (χ3v) is 1.40. The summed E-state index contributed by atoms with van der Waals surface area (Å²) in [5.41, 5.74) is 0.751. The molecule has 1 aromatic carbocycles. The van der Waals surface area contributed by atoms with Crippen LogP contribution in [0.4, 0.5) is 0 Å². The van der Waals surface area contributed by atoms with Crippen molar-refractivity contribution in [2.75, 3.05) is 7.11 Å². The summed E-state index contributed by atoms with van der Waals surface area (Å²) in [5, 5.41) is 10.9. The van der Waals surface area contributed by atoms with E-state index < -0.39 is 0 Å². The predicted molar refractivity (Wildman–Crippen MR) is 37.9 cm³/mol. The van der Waals surface area contributed by atoms with Crippen LogP contribution in [-0.4, -0.2) is 7.11 Å². The summed E-state index contributed by atoms with van der Waals surface area (Å²) in [4.78, 5) is 0. The minimum Gasteiger partial charge on any atom is -0.497 e. The van der Waals surface area contributed by atoms with Crippen molar-refractivity contribution in [3.05, 3.63) is 23.8 Å². The molecule has 2 nitrogen and oxygen atoms in total. The second-order valence-electron chi connectivity index (χ2n) is 2.13. The van der Waals surface area contributed by atoms with Crippen molar-refractivity contribution < 1.29 is 9.84 Å². The largest absolute Gasteiger partial charge is 0.497 e. The van der Waals surface area contributed by atoms with Gasteiger partial charge < -0.3 is 4.74 Å². The molecule has 0 aliphatic heterocycles. The van der Waals surface area contributed by atoms with Gasteiger partial charge in [0.05, 0.1) is 7.11 Å². The van der Waals surface area contributed by atoms with Crippen LogP contribution in [0.25, 0.3) is 0 Å². The number of methoxy groups -OCH3 is 1. The fourth-order valence-electron chi connectivity index (χ4n) is 0.707. The van der Waals surface area contributed by atoms with Gasteiger partial charge in [-0.25, -0.2) is 0 Å². The third kappa shape index (κ3) is 1.21. The van der Waals surface area contributed by atoms with Crippen LogP contribution < -0.4 is 4.74 Å². The Bertz CT molecular complexity index is 231. The molecule has 0 saturated carbocycles. The molecule has 0 amide bonds. The van der Waals surface area contributed by atoms with Crippen molar-refractivity contribution in [3.8, 4) is 11.5 Å². The summed E-state index contributed by atoms with van der Waals surface area (Å²) in [6.07, 6.45) is 0. The van der Waals surface area contributed by atoms with Crippen molar-refractivity contribution in [1.29, 1.82) is 0 Å². The average Bonchev–Trinajstić information content (AvgIpc) is 1.95. The highest BCUT2D eigenvalue weighted by Crippen LogP contribution is 2.22. The zero-order chi connectivity index (χ0) is 7.56. The summed E-state index contributed by atoms with van der Waals surface area (Å²) in [6.45, 7) is 1.78. The van der Waals surface area contributed by atoms with Crippen LogP contribution in [0.1, 0.15) is 5.56 Å². The number of ether oxygens (including phenoxy) is 1. The molecular weight excluding hydrogens is 128 g/mol. The number of benzene rings is 1. The number of rotatable bonds is 1. The van der Waals surface area contributed by atoms with Gasteiger partial charge in [-0.1, -0.05) is 6.07 Å². The minimum absolute atomic E-state index is 0.0272. The average molecular weight is 137 g/mol. The normalized spacial score (nSPS) is 9.40. The van der Waals surface area contributed by atoms with E-state index in [1.807, 2.05) is 0 Å². The van der Waals surface area contributed by atoms with E-state index in [1.165, 1.54) is 6.07 Å². The van der Waals surface area contributed by atoms with E-state index in [0.717, 1.165) is 5.56 Å². The van der Waals surface area contributed by atoms with E-state index in [-0.39, 0.29) is 5.75 Å². The molecular formula is C8H9O2. The molecule has 1 aromatic rings. The Morgan fingerprint density at radius 1 is 1.40 bits per heavy atom. The lowest BCUT2D eigenvalue weighted by molar-refractivity contribution is 0.345. The molecule has 0 saturated heterocycles. The molecule has 10 heavy (non-hydrogen) atoms. The van der Waals surface area contributed by atoms with Crippen LogP contribution in [0, 0.1) is 6.92 Å². The smallest absolute Gasteiger partial charge is 0.185 e. The molecule has 0 unspecified atom stereocenters. The Morgan fingerprint density at radius 2 is 2.10 bits per heavy atom. The van der Waals surface area contributed by atoms with Crippen molar-refractivity contribution in [2.24, 2.45) is 0 Å². The first-order valence-electron chi connectivity index (χ1n) is 3.05. The first-order chi connectivity index (χ1) is 4.74. The van der Waals surface area contributed by atoms with Gasteiger partial charge in [0.15, 0.2) is 5.75 Å².